The topological polar surface area (TPSA) is 191 Å². The molecular weight excluding hydrogens is 877 g/mol. The lowest BCUT2D eigenvalue weighted by atomic mass is 9.73. The van der Waals surface area contributed by atoms with Crippen LogP contribution in [0.4, 0.5) is 0 Å². The van der Waals surface area contributed by atoms with Gasteiger partial charge in [0.2, 0.25) is 0 Å². The average molecular weight is 957 g/mol. The van der Waals surface area contributed by atoms with Crippen LogP contribution in [0.3, 0.4) is 0 Å². The van der Waals surface area contributed by atoms with Crippen LogP contribution in [-0.2, 0) is 57.0 Å². The molecule has 0 bridgehead atoms. The fourth-order valence-corrected chi connectivity index (χ4v) is 10.8. The van der Waals surface area contributed by atoms with Gasteiger partial charge in [0.1, 0.15) is 29.2 Å². The molecule has 16 heteroatoms. The van der Waals surface area contributed by atoms with Crippen molar-refractivity contribution in [2.45, 2.75) is 186 Å². The van der Waals surface area contributed by atoms with E-state index in [0.29, 0.717) is 6.42 Å². The molecule has 18 atom stereocenters. The number of methoxy groups -OCH3 is 2. The van der Waals surface area contributed by atoms with Gasteiger partial charge in [-0.2, -0.15) is 0 Å². The van der Waals surface area contributed by atoms with Crippen molar-refractivity contribution in [1.29, 1.82) is 0 Å². The molecule has 1 unspecified atom stereocenters. The number of carbonyl (C=O) groups excluding carboxylic acids is 3. The van der Waals surface area contributed by atoms with E-state index in [1.54, 1.807) is 46.9 Å². The molecule has 3 aliphatic rings. The van der Waals surface area contributed by atoms with Crippen LogP contribution >= 0.6 is 0 Å². The predicted molar refractivity (Wildman–Crippen MR) is 255 cm³/mol. The van der Waals surface area contributed by atoms with Crippen molar-refractivity contribution in [2.24, 2.45) is 23.7 Å². The highest BCUT2D eigenvalue weighted by Crippen LogP contribution is 2.42. The number of benzene rings is 1. The molecule has 5 rings (SSSR count). The Labute approximate surface area is 403 Å². The molecule has 3 saturated heterocycles. The highest BCUT2D eigenvalue weighted by Gasteiger charge is 2.55. The number of para-hydroxylation sites is 1. The SMILES string of the molecule is CC[C@@H]1OC(=O)[C@H](C)[C@@H](O[C@H]2C[C@@](C)(OC)[C@@H](OC(C)=O)[C@H](C)O2)[C@H](C)[C@@H](OC2O[C@H](C)C[C@H](N(C)C)[C@H]2O)[C@@](C)(OC)C[C@@H](C)C(=O)[C@@H](C)[C@@H](OC/C=C/c2cnc3ccccc3c2)[C@]1(C)O. The van der Waals surface area contributed by atoms with Crippen molar-refractivity contribution in [3.05, 3.63) is 48.2 Å². The quantitative estimate of drug-likeness (QED) is 0.213. The highest BCUT2D eigenvalue weighted by molar-refractivity contribution is 5.84. The Balaban J connectivity index is 1.58. The molecule has 3 fully saturated rings. The Morgan fingerprint density at radius 3 is 2.22 bits per heavy atom. The number of ether oxygens (including phenoxy) is 9. The van der Waals surface area contributed by atoms with Gasteiger partial charge in [-0.3, -0.25) is 19.4 Å². The Kier molecular flexibility index (Phi) is 18.9. The van der Waals surface area contributed by atoms with Crippen molar-refractivity contribution < 1.29 is 67.2 Å². The van der Waals surface area contributed by atoms with Crippen LogP contribution in [0.5, 0.6) is 0 Å². The van der Waals surface area contributed by atoms with Gasteiger partial charge in [0.15, 0.2) is 18.7 Å². The van der Waals surface area contributed by atoms with E-state index in [1.165, 1.54) is 21.1 Å². The average Bonchev–Trinajstić information content (AvgIpc) is 3.29. The summed E-state index contributed by atoms with van der Waals surface area (Å²) in [6, 6.07) is 9.52. The molecular formula is C52H80N2O14. The summed E-state index contributed by atoms with van der Waals surface area (Å²) in [4.78, 5) is 48.4. The smallest absolute Gasteiger partial charge is 0.311 e. The summed E-state index contributed by atoms with van der Waals surface area (Å²) >= 11 is 0. The Hall–Kier alpha value is -3.42. The van der Waals surface area contributed by atoms with E-state index in [-0.39, 0.29) is 43.8 Å². The minimum absolute atomic E-state index is 0.0220. The molecule has 68 heavy (non-hydrogen) atoms. The van der Waals surface area contributed by atoms with E-state index in [9.17, 15) is 24.6 Å². The largest absolute Gasteiger partial charge is 0.459 e. The third kappa shape index (κ3) is 12.5. The van der Waals surface area contributed by atoms with Crippen LogP contribution < -0.4 is 0 Å². The minimum atomic E-state index is -1.86. The Bertz CT molecular complexity index is 2030. The first-order valence-electron chi connectivity index (χ1n) is 24.2. The molecule has 2 aromatic rings. The van der Waals surface area contributed by atoms with Gasteiger partial charge in [-0.1, -0.05) is 58.0 Å². The summed E-state index contributed by atoms with van der Waals surface area (Å²) in [6.07, 6.45) is -2.86. The number of Topliss-reactive ketones (excluding diaryl/α,β-unsaturated/α-hetero) is 1. The molecule has 2 N–H and O–H groups in total. The summed E-state index contributed by atoms with van der Waals surface area (Å²) in [5.41, 5.74) is -2.48. The van der Waals surface area contributed by atoms with Gasteiger partial charge in [0.25, 0.3) is 0 Å². The van der Waals surface area contributed by atoms with Crippen molar-refractivity contribution in [2.75, 3.05) is 34.9 Å². The van der Waals surface area contributed by atoms with Crippen LogP contribution in [0.1, 0.15) is 107 Å². The number of esters is 2. The number of cyclic esters (lactones) is 1. The van der Waals surface area contributed by atoms with Crippen LogP contribution in [0.2, 0.25) is 0 Å². The van der Waals surface area contributed by atoms with Gasteiger partial charge < -0.3 is 57.7 Å². The Morgan fingerprint density at radius 1 is 0.926 bits per heavy atom. The summed E-state index contributed by atoms with van der Waals surface area (Å²) in [6.45, 7) is 19.1. The van der Waals surface area contributed by atoms with Gasteiger partial charge in [-0.25, -0.2) is 0 Å². The molecule has 16 nitrogen and oxygen atoms in total. The number of nitrogens with zero attached hydrogens (tertiary/aromatic N) is 2. The number of rotatable bonds is 13. The summed E-state index contributed by atoms with van der Waals surface area (Å²) in [5, 5.41) is 25.4. The van der Waals surface area contributed by atoms with Crippen molar-refractivity contribution in [1.82, 2.24) is 9.88 Å². The van der Waals surface area contributed by atoms with Crippen LogP contribution in [-0.4, -0.2) is 157 Å². The number of ketones is 1. The zero-order valence-corrected chi connectivity index (χ0v) is 43.0. The van der Waals surface area contributed by atoms with E-state index in [4.69, 9.17) is 42.6 Å². The number of aliphatic hydroxyl groups is 2. The molecule has 0 spiro atoms. The van der Waals surface area contributed by atoms with Gasteiger partial charge in [0, 0.05) is 62.9 Å². The monoisotopic (exact) mass is 957 g/mol. The van der Waals surface area contributed by atoms with Crippen molar-refractivity contribution >= 4 is 34.7 Å². The minimum Gasteiger partial charge on any atom is -0.459 e. The van der Waals surface area contributed by atoms with Gasteiger partial charge in [-0.05, 0) is 92.6 Å². The lowest BCUT2D eigenvalue weighted by Gasteiger charge is -2.50. The van der Waals surface area contributed by atoms with E-state index in [2.05, 4.69) is 4.98 Å². The first-order valence-corrected chi connectivity index (χ1v) is 24.2. The lowest BCUT2D eigenvalue weighted by molar-refractivity contribution is -0.320. The van der Waals surface area contributed by atoms with Gasteiger partial charge in [0.05, 0.1) is 54.2 Å². The molecule has 4 heterocycles. The second kappa shape index (κ2) is 23.2. The summed E-state index contributed by atoms with van der Waals surface area (Å²) in [7, 11) is 6.84. The molecule has 0 amide bonds. The predicted octanol–water partition coefficient (Wildman–Crippen LogP) is 6.30. The summed E-state index contributed by atoms with van der Waals surface area (Å²) in [5.74, 6) is -4.77. The molecule has 0 radical (unpaired) electrons. The number of carbonyl (C=O) groups is 3. The standard InChI is InChI=1S/C52H80N2O14/c1-16-40-52(11,59)46(62-23-19-20-36-25-37-21-17-18-22-38(37)53-28-36)31(4)42(56)29(2)26-50(9,60-14)45(68-49-43(57)39(54(12)13)24-30(3)63-49)32(5)44(33(6)48(58)66-40)67-41-27-51(10,61-15)47(34(7)64-41)65-35(8)55/h17-22,25,28-34,39-41,43-47,49,57,59H,16,23-24,26-27H2,1-15H3/b20-19+/t29-,30-,31-,32+,33-,34+,39+,40+,41+,43-,44+,45-,46-,47+,49?,50+,51-,52-/m1/s1. The molecule has 1 aromatic carbocycles. The number of fused-ring (bicyclic) bond motifs is 1. The van der Waals surface area contributed by atoms with E-state index in [0.717, 1.165) is 16.5 Å². The Morgan fingerprint density at radius 2 is 1.59 bits per heavy atom. The zero-order valence-electron chi connectivity index (χ0n) is 43.0. The fourth-order valence-electron chi connectivity index (χ4n) is 10.8. The number of aromatic nitrogens is 1. The molecule has 0 aliphatic carbocycles. The van der Waals surface area contributed by atoms with Crippen molar-refractivity contribution in [3.63, 3.8) is 0 Å². The maximum absolute atomic E-state index is 14.9. The molecule has 3 aliphatic heterocycles. The second-order valence-electron chi connectivity index (χ2n) is 20.4. The van der Waals surface area contributed by atoms with Crippen LogP contribution in [0, 0.1) is 23.7 Å². The van der Waals surface area contributed by atoms with Crippen LogP contribution in [0.15, 0.2) is 42.6 Å². The third-order valence-electron chi connectivity index (χ3n) is 14.8. The number of pyridine rings is 1. The molecule has 382 valence electrons. The lowest BCUT2D eigenvalue weighted by Crippen LogP contribution is -2.62. The van der Waals surface area contributed by atoms with E-state index < -0.39 is 108 Å². The van der Waals surface area contributed by atoms with Gasteiger partial charge >= 0.3 is 11.9 Å². The van der Waals surface area contributed by atoms with Gasteiger partial charge in [-0.15, -0.1) is 0 Å². The van der Waals surface area contributed by atoms with Crippen molar-refractivity contribution in [3.8, 4) is 0 Å². The first kappa shape index (κ1) is 55.5. The third-order valence-corrected chi connectivity index (χ3v) is 14.8. The maximum Gasteiger partial charge on any atom is 0.311 e. The number of hydrogen-bond donors (Lipinski definition) is 2. The fraction of sp³-hybridized carbons (Fsp3) is 0.731. The number of aliphatic hydroxyl groups excluding tert-OH is 1. The summed E-state index contributed by atoms with van der Waals surface area (Å²) < 4.78 is 57.6. The highest BCUT2D eigenvalue weighted by atomic mass is 16.7. The maximum atomic E-state index is 14.9. The second-order valence-corrected chi connectivity index (χ2v) is 20.4. The van der Waals surface area contributed by atoms with E-state index in [1.807, 2.05) is 90.0 Å². The van der Waals surface area contributed by atoms with E-state index >= 15 is 0 Å². The normalized spacial score (nSPS) is 40.3. The number of likely N-dealkylation sites (N-methyl/N-ethyl adjacent to an activating group) is 1. The van der Waals surface area contributed by atoms with Crippen LogP contribution in [0.25, 0.3) is 17.0 Å². The zero-order chi connectivity index (χ0) is 50.5. The molecule has 1 aromatic heterocycles. The first-order chi connectivity index (χ1) is 31.9. The number of hydrogen-bond acceptors (Lipinski definition) is 16. The molecule has 0 saturated carbocycles.